The Balaban J connectivity index is 3.39. The molecule has 0 saturated carbocycles. The van der Waals surface area contributed by atoms with Crippen LogP contribution in [0.1, 0.15) is 34.0 Å². The Morgan fingerprint density at radius 1 is 1.44 bits per heavy atom. The van der Waals surface area contributed by atoms with Gasteiger partial charge >= 0.3 is 5.97 Å². The molecule has 0 aliphatic rings. The second-order valence-corrected chi connectivity index (χ2v) is 3.86. The van der Waals surface area contributed by atoms with E-state index in [9.17, 15) is 14.7 Å². The number of carbonyl (C=O) groups excluding carboxylic acids is 1. The van der Waals surface area contributed by atoms with E-state index in [4.69, 9.17) is 22.0 Å². The Labute approximate surface area is 108 Å². The fraction of sp³-hybridized carbons (Fsp3) is 0.250. The summed E-state index contributed by atoms with van der Waals surface area (Å²) in [6.45, 7) is 0. The molecule has 0 aliphatic carbocycles. The molecule has 1 aromatic carbocycles. The number of nitrogens with zero attached hydrogens (tertiary/aromatic N) is 1. The number of carbonyl (C=O) groups is 2. The summed E-state index contributed by atoms with van der Waals surface area (Å²) in [5.74, 6) is -1.84. The molecule has 0 radical (unpaired) electrons. The zero-order valence-corrected chi connectivity index (χ0v) is 10.0. The zero-order valence-electron chi connectivity index (χ0n) is 9.26. The molecule has 0 aliphatic heterocycles. The van der Waals surface area contributed by atoms with Crippen LogP contribution in [0.4, 0.5) is 0 Å². The number of aliphatic carboxylic acids is 1. The van der Waals surface area contributed by atoms with Crippen LogP contribution < -0.4 is 0 Å². The van der Waals surface area contributed by atoms with Gasteiger partial charge in [-0.2, -0.15) is 5.26 Å². The first kappa shape index (κ1) is 14.2. The van der Waals surface area contributed by atoms with Crippen molar-refractivity contribution in [3.63, 3.8) is 0 Å². The lowest BCUT2D eigenvalue weighted by Gasteiger charge is -2.12. The predicted molar refractivity (Wildman–Crippen MR) is 63.4 cm³/mol. The Hall–Kier alpha value is -1.90. The summed E-state index contributed by atoms with van der Waals surface area (Å²) in [6, 6.07) is 5.94. The van der Waals surface area contributed by atoms with E-state index >= 15 is 0 Å². The molecule has 0 saturated heterocycles. The van der Waals surface area contributed by atoms with Crippen molar-refractivity contribution >= 4 is 23.4 Å². The van der Waals surface area contributed by atoms with E-state index in [1.165, 1.54) is 18.2 Å². The number of halogens is 1. The van der Waals surface area contributed by atoms with Crippen molar-refractivity contribution in [3.05, 3.63) is 34.9 Å². The van der Waals surface area contributed by atoms with Crippen molar-refractivity contribution < 1.29 is 19.8 Å². The third-order valence-corrected chi connectivity index (χ3v) is 2.54. The normalized spacial score (nSPS) is 11.6. The smallest absolute Gasteiger partial charge is 0.337 e. The number of Topliss-reactive ketones (excluding diaryl/α,β-unsaturated/α-hetero) is 1. The molecule has 18 heavy (non-hydrogen) atoms. The van der Waals surface area contributed by atoms with Crippen LogP contribution in [-0.2, 0) is 4.79 Å². The van der Waals surface area contributed by atoms with E-state index in [2.05, 4.69) is 0 Å². The first-order valence-corrected chi connectivity index (χ1v) is 5.59. The fourth-order valence-corrected chi connectivity index (χ4v) is 1.72. The Bertz CT molecular complexity index is 521. The van der Waals surface area contributed by atoms with E-state index in [0.29, 0.717) is 0 Å². The topological polar surface area (TPSA) is 98.4 Å². The third kappa shape index (κ3) is 2.86. The molecule has 1 rings (SSSR count). The largest absolute Gasteiger partial charge is 0.479 e. The molecule has 0 spiro atoms. The lowest BCUT2D eigenvalue weighted by Crippen LogP contribution is -2.17. The van der Waals surface area contributed by atoms with Crippen LogP contribution in [0, 0.1) is 11.3 Å². The highest BCUT2D eigenvalue weighted by Gasteiger charge is 2.25. The highest BCUT2D eigenvalue weighted by Crippen LogP contribution is 2.24. The number of carboxylic acid groups (broad SMARTS) is 1. The summed E-state index contributed by atoms with van der Waals surface area (Å²) in [5, 5.41) is 27.3. The summed E-state index contributed by atoms with van der Waals surface area (Å²) in [7, 11) is 0. The van der Waals surface area contributed by atoms with E-state index in [1.54, 1.807) is 6.07 Å². The molecule has 0 heterocycles. The lowest BCUT2D eigenvalue weighted by atomic mass is 9.93. The van der Waals surface area contributed by atoms with E-state index in [0.717, 1.165) is 0 Å². The van der Waals surface area contributed by atoms with Crippen LogP contribution in [0.25, 0.3) is 0 Å². The van der Waals surface area contributed by atoms with Crippen molar-refractivity contribution in [2.75, 3.05) is 5.88 Å². The number of aliphatic hydroxyl groups is 1. The van der Waals surface area contributed by atoms with Crippen molar-refractivity contribution in [1.29, 1.82) is 5.26 Å². The van der Waals surface area contributed by atoms with Gasteiger partial charge in [-0.1, -0.05) is 12.1 Å². The quantitative estimate of drug-likeness (QED) is 0.622. The van der Waals surface area contributed by atoms with Crippen molar-refractivity contribution in [3.8, 4) is 6.07 Å². The number of rotatable bonds is 5. The molecule has 0 amide bonds. The number of aliphatic hydroxyl groups excluding tert-OH is 1. The van der Waals surface area contributed by atoms with Gasteiger partial charge < -0.3 is 10.2 Å². The van der Waals surface area contributed by atoms with Gasteiger partial charge in [-0.15, -0.1) is 11.6 Å². The van der Waals surface area contributed by atoms with Crippen molar-refractivity contribution in [1.82, 2.24) is 0 Å². The van der Waals surface area contributed by atoms with Gasteiger partial charge in [0.15, 0.2) is 11.9 Å². The molecule has 1 atom stereocenters. The minimum absolute atomic E-state index is 0.00970. The second kappa shape index (κ2) is 6.15. The first-order chi connectivity index (χ1) is 8.52. The van der Waals surface area contributed by atoms with Crippen LogP contribution in [0.15, 0.2) is 18.2 Å². The maximum absolute atomic E-state index is 11.8. The molecule has 0 aromatic heterocycles. The molecule has 6 heteroatoms. The number of hydrogen-bond donors (Lipinski definition) is 2. The number of nitriles is 1. The molecule has 1 unspecified atom stereocenters. The van der Waals surface area contributed by atoms with Gasteiger partial charge in [-0.25, -0.2) is 4.79 Å². The summed E-state index contributed by atoms with van der Waals surface area (Å²) in [4.78, 5) is 22.6. The lowest BCUT2D eigenvalue weighted by molar-refractivity contribution is -0.147. The van der Waals surface area contributed by atoms with Gasteiger partial charge in [0.2, 0.25) is 0 Å². The molecule has 94 valence electrons. The maximum Gasteiger partial charge on any atom is 0.337 e. The third-order valence-electron chi connectivity index (χ3n) is 2.36. The number of hydrogen-bond acceptors (Lipinski definition) is 4. The highest BCUT2D eigenvalue weighted by atomic mass is 35.5. The van der Waals surface area contributed by atoms with Crippen molar-refractivity contribution in [2.24, 2.45) is 0 Å². The summed E-state index contributed by atoms with van der Waals surface area (Å²) >= 11 is 5.45. The minimum atomic E-state index is -1.91. The van der Waals surface area contributed by atoms with Gasteiger partial charge in [0.25, 0.3) is 0 Å². The molecular formula is C12H10ClNO4. The van der Waals surface area contributed by atoms with E-state index < -0.39 is 17.9 Å². The highest BCUT2D eigenvalue weighted by molar-refractivity contribution is 6.19. The standard InChI is InChI=1S/C12H10ClNO4/c13-5-4-9(15)8-3-1-2-7(6-14)10(8)11(16)12(17)18/h1-3,11,16H,4-5H2,(H,17,18). The maximum atomic E-state index is 11.8. The van der Waals surface area contributed by atoms with Gasteiger partial charge in [-0.05, 0) is 6.07 Å². The summed E-state index contributed by atoms with van der Waals surface area (Å²) < 4.78 is 0. The predicted octanol–water partition coefficient (Wildman–Crippen LogP) is 1.49. The summed E-state index contributed by atoms with van der Waals surface area (Å²) in [5.41, 5.74) is -0.197. The van der Waals surface area contributed by atoms with E-state index in [-0.39, 0.29) is 29.0 Å². The second-order valence-electron chi connectivity index (χ2n) is 3.48. The van der Waals surface area contributed by atoms with Crippen LogP contribution in [0.5, 0.6) is 0 Å². The average molecular weight is 268 g/mol. The van der Waals surface area contributed by atoms with Crippen LogP contribution in [-0.4, -0.2) is 27.8 Å². The Morgan fingerprint density at radius 3 is 2.61 bits per heavy atom. The van der Waals surface area contributed by atoms with Gasteiger partial charge in [0.1, 0.15) is 0 Å². The monoisotopic (exact) mass is 267 g/mol. The fourth-order valence-electron chi connectivity index (χ4n) is 1.54. The number of benzene rings is 1. The van der Waals surface area contributed by atoms with Crippen LogP contribution in [0.2, 0.25) is 0 Å². The first-order valence-electron chi connectivity index (χ1n) is 5.06. The van der Waals surface area contributed by atoms with E-state index in [1.807, 2.05) is 0 Å². The molecule has 1 aromatic rings. The number of carboxylic acids is 1. The van der Waals surface area contributed by atoms with Gasteiger partial charge in [-0.3, -0.25) is 4.79 Å². The number of alkyl halides is 1. The Kier molecular flexibility index (Phi) is 4.84. The van der Waals surface area contributed by atoms with Crippen molar-refractivity contribution in [2.45, 2.75) is 12.5 Å². The molecule has 0 bridgehead atoms. The van der Waals surface area contributed by atoms with Crippen LogP contribution in [0.3, 0.4) is 0 Å². The minimum Gasteiger partial charge on any atom is -0.479 e. The Morgan fingerprint density at radius 2 is 2.11 bits per heavy atom. The average Bonchev–Trinajstić information content (AvgIpc) is 2.37. The zero-order chi connectivity index (χ0) is 13.7. The van der Waals surface area contributed by atoms with Gasteiger partial charge in [0, 0.05) is 23.4 Å². The SMILES string of the molecule is N#Cc1cccc(C(=O)CCCl)c1C(O)C(=O)O. The van der Waals surface area contributed by atoms with Crippen LogP contribution >= 0.6 is 11.6 Å². The molecule has 0 fully saturated rings. The molecule has 2 N–H and O–H groups in total. The van der Waals surface area contributed by atoms with Gasteiger partial charge in [0.05, 0.1) is 11.6 Å². The number of ketones is 1. The summed E-state index contributed by atoms with van der Waals surface area (Å²) in [6.07, 6.45) is -1.90. The molecular weight excluding hydrogens is 258 g/mol. The molecule has 5 nitrogen and oxygen atoms in total.